The number of rotatable bonds is 2. The molecule has 0 atom stereocenters. The maximum absolute atomic E-state index is 12.8. The highest BCUT2D eigenvalue weighted by molar-refractivity contribution is 5.95. The lowest BCUT2D eigenvalue weighted by atomic mass is 9.90. The number of carbonyl (C=O) groups is 1. The quantitative estimate of drug-likeness (QED) is 0.890. The number of aromatic nitrogens is 1. The predicted octanol–water partition coefficient (Wildman–Crippen LogP) is 2.56. The third-order valence-corrected chi connectivity index (χ3v) is 3.75. The number of aromatic amines is 1. The van der Waals surface area contributed by atoms with Gasteiger partial charge in [0.15, 0.2) is 0 Å². The maximum Gasteiger partial charge on any atom is 0.416 e. The molecule has 5 nitrogen and oxygen atoms in total. The van der Waals surface area contributed by atoms with Gasteiger partial charge in [0.2, 0.25) is 0 Å². The summed E-state index contributed by atoms with van der Waals surface area (Å²) in [6.45, 7) is 0. The van der Waals surface area contributed by atoms with Crippen LogP contribution in [0.5, 0.6) is 0 Å². The van der Waals surface area contributed by atoms with Gasteiger partial charge in [0.05, 0.1) is 16.8 Å². The molecule has 0 bridgehead atoms. The number of fused-ring (bicyclic) bond motifs is 1. The van der Waals surface area contributed by atoms with Crippen molar-refractivity contribution in [3.05, 3.63) is 39.7 Å². The summed E-state index contributed by atoms with van der Waals surface area (Å²) in [6.07, 6.45) is -4.01. The number of nitrogens with zero attached hydrogens (tertiary/aromatic N) is 1. The average molecular weight is 321 g/mol. The zero-order chi connectivity index (χ0) is 16.8. The van der Waals surface area contributed by atoms with E-state index in [-0.39, 0.29) is 41.4 Å². The molecule has 23 heavy (non-hydrogen) atoms. The molecule has 1 aromatic carbocycles. The Labute approximate surface area is 127 Å². The van der Waals surface area contributed by atoms with Crippen LogP contribution in [0, 0.1) is 11.3 Å². The molecule has 1 heterocycles. The van der Waals surface area contributed by atoms with Crippen LogP contribution in [0.1, 0.15) is 24.0 Å². The van der Waals surface area contributed by atoms with Crippen molar-refractivity contribution in [1.29, 1.82) is 5.26 Å². The van der Waals surface area contributed by atoms with Crippen molar-refractivity contribution in [3.63, 3.8) is 0 Å². The van der Waals surface area contributed by atoms with Crippen LogP contribution in [0.15, 0.2) is 23.0 Å². The van der Waals surface area contributed by atoms with E-state index >= 15 is 0 Å². The fraction of sp³-hybridized carbons (Fsp3) is 0.267. The van der Waals surface area contributed by atoms with Crippen molar-refractivity contribution in [1.82, 2.24) is 4.98 Å². The van der Waals surface area contributed by atoms with Crippen LogP contribution >= 0.6 is 0 Å². The molecule has 1 fully saturated rings. The molecule has 0 spiro atoms. The van der Waals surface area contributed by atoms with Crippen LogP contribution < -0.4 is 10.9 Å². The van der Waals surface area contributed by atoms with E-state index in [4.69, 9.17) is 5.26 Å². The Morgan fingerprint density at radius 2 is 1.96 bits per heavy atom. The number of pyridine rings is 1. The summed E-state index contributed by atoms with van der Waals surface area (Å²) in [5.41, 5.74) is -1.73. The number of halogens is 3. The Bertz CT molecular complexity index is 901. The minimum atomic E-state index is -4.53. The number of hydrogen-bond donors (Lipinski definition) is 2. The largest absolute Gasteiger partial charge is 0.416 e. The molecule has 0 unspecified atom stereocenters. The highest BCUT2D eigenvalue weighted by Gasteiger charge is 2.32. The van der Waals surface area contributed by atoms with Gasteiger partial charge in [-0.05, 0) is 12.1 Å². The Balaban J connectivity index is 2.17. The first kappa shape index (κ1) is 15.1. The average Bonchev–Trinajstić information content (AvgIpc) is 2.44. The van der Waals surface area contributed by atoms with Crippen LogP contribution in [0.4, 0.5) is 18.9 Å². The van der Waals surface area contributed by atoms with E-state index in [9.17, 15) is 22.8 Å². The maximum atomic E-state index is 12.8. The van der Waals surface area contributed by atoms with E-state index in [1.165, 1.54) is 6.07 Å². The minimum Gasteiger partial charge on any atom is -0.380 e. The van der Waals surface area contributed by atoms with E-state index < -0.39 is 17.3 Å². The highest BCUT2D eigenvalue weighted by Crippen LogP contribution is 2.34. The van der Waals surface area contributed by atoms with Crippen molar-refractivity contribution in [2.45, 2.75) is 25.1 Å². The third kappa shape index (κ3) is 2.65. The molecule has 2 N–H and O–H groups in total. The van der Waals surface area contributed by atoms with Gasteiger partial charge in [-0.15, -0.1) is 0 Å². The first-order valence-electron chi connectivity index (χ1n) is 6.75. The van der Waals surface area contributed by atoms with Crippen molar-refractivity contribution in [3.8, 4) is 6.07 Å². The summed E-state index contributed by atoms with van der Waals surface area (Å²) in [4.78, 5) is 25.3. The fourth-order valence-corrected chi connectivity index (χ4v) is 2.53. The van der Waals surface area contributed by atoms with Crippen LogP contribution in [0.25, 0.3) is 10.9 Å². The van der Waals surface area contributed by atoms with Crippen LogP contribution in [0.2, 0.25) is 0 Å². The molecule has 1 aliphatic rings. The van der Waals surface area contributed by atoms with Gasteiger partial charge in [-0.25, -0.2) is 0 Å². The van der Waals surface area contributed by atoms with Gasteiger partial charge in [-0.1, -0.05) is 6.07 Å². The predicted molar refractivity (Wildman–Crippen MR) is 75.9 cm³/mol. The standard InChI is InChI=1S/C15H10F3N3O2/c16-15(17,18)7-1-2-10-12(3-7)21-14(23)11(6-19)13(10)20-8-4-9(22)5-8/h1-3,8H,4-5H2,(H2,20,21,23). The normalized spacial score (nSPS) is 15.3. The second-order valence-electron chi connectivity index (χ2n) is 5.36. The van der Waals surface area contributed by atoms with Crippen LogP contribution in [0.3, 0.4) is 0 Å². The Kier molecular flexibility index (Phi) is 3.36. The smallest absolute Gasteiger partial charge is 0.380 e. The number of nitriles is 1. The van der Waals surface area contributed by atoms with Crippen molar-refractivity contribution in [2.24, 2.45) is 0 Å². The van der Waals surface area contributed by atoms with E-state index in [1.54, 1.807) is 6.07 Å². The molecule has 1 aliphatic carbocycles. The van der Waals surface area contributed by atoms with Crippen molar-refractivity contribution >= 4 is 22.4 Å². The minimum absolute atomic E-state index is 0.0167. The third-order valence-electron chi connectivity index (χ3n) is 3.75. The molecule has 8 heteroatoms. The zero-order valence-corrected chi connectivity index (χ0v) is 11.6. The molecule has 0 aliphatic heterocycles. The SMILES string of the molecule is N#Cc1c(NC2CC(=O)C2)c2ccc(C(F)(F)F)cc2[nH]c1=O. The first-order chi connectivity index (χ1) is 10.8. The monoisotopic (exact) mass is 321 g/mol. The van der Waals surface area contributed by atoms with E-state index in [0.29, 0.717) is 5.39 Å². The first-order valence-corrected chi connectivity index (χ1v) is 6.75. The second-order valence-corrected chi connectivity index (χ2v) is 5.36. The Morgan fingerprint density at radius 3 is 2.52 bits per heavy atom. The molecular weight excluding hydrogens is 311 g/mol. The Morgan fingerprint density at radius 1 is 1.26 bits per heavy atom. The van der Waals surface area contributed by atoms with Crippen molar-refractivity contribution in [2.75, 3.05) is 5.32 Å². The second kappa shape index (κ2) is 5.12. The van der Waals surface area contributed by atoms with Crippen molar-refractivity contribution < 1.29 is 18.0 Å². The van der Waals surface area contributed by atoms with Gasteiger partial charge < -0.3 is 10.3 Å². The molecule has 2 aromatic rings. The summed E-state index contributed by atoms with van der Waals surface area (Å²) in [6, 6.07) is 4.45. The molecule has 118 valence electrons. The molecule has 3 rings (SSSR count). The summed E-state index contributed by atoms with van der Waals surface area (Å²) in [5, 5.41) is 12.4. The van der Waals surface area contributed by atoms with Gasteiger partial charge in [0.1, 0.15) is 17.4 Å². The lowest BCUT2D eigenvalue weighted by molar-refractivity contribution is -0.137. The van der Waals surface area contributed by atoms with Gasteiger partial charge in [-0.3, -0.25) is 9.59 Å². The number of Topliss-reactive ketones (excluding diaryl/α,β-unsaturated/α-hetero) is 1. The van der Waals surface area contributed by atoms with E-state index in [2.05, 4.69) is 10.3 Å². The number of carbonyl (C=O) groups excluding carboxylic acids is 1. The number of hydrogen-bond acceptors (Lipinski definition) is 4. The molecule has 0 radical (unpaired) electrons. The molecule has 1 saturated carbocycles. The number of alkyl halides is 3. The van der Waals surface area contributed by atoms with E-state index in [0.717, 1.165) is 12.1 Å². The van der Waals surface area contributed by atoms with Gasteiger partial charge in [0, 0.05) is 24.3 Å². The summed E-state index contributed by atoms with van der Waals surface area (Å²) in [5.74, 6) is 0.0505. The lowest BCUT2D eigenvalue weighted by Crippen LogP contribution is -2.36. The van der Waals surface area contributed by atoms with Gasteiger partial charge >= 0.3 is 6.18 Å². The summed E-state index contributed by atoms with van der Waals surface area (Å²) < 4.78 is 38.3. The summed E-state index contributed by atoms with van der Waals surface area (Å²) in [7, 11) is 0. The van der Waals surface area contributed by atoms with Gasteiger partial charge in [0.25, 0.3) is 5.56 Å². The molecule has 0 saturated heterocycles. The van der Waals surface area contributed by atoms with Crippen LogP contribution in [-0.2, 0) is 11.0 Å². The van der Waals surface area contributed by atoms with E-state index in [1.807, 2.05) is 0 Å². The number of nitrogens with one attached hydrogen (secondary N) is 2. The number of H-pyrrole nitrogens is 1. The number of benzene rings is 1. The summed E-state index contributed by atoms with van der Waals surface area (Å²) >= 11 is 0. The zero-order valence-electron chi connectivity index (χ0n) is 11.6. The van der Waals surface area contributed by atoms with Gasteiger partial charge in [-0.2, -0.15) is 18.4 Å². The fourth-order valence-electron chi connectivity index (χ4n) is 2.53. The van der Waals surface area contributed by atoms with Crippen LogP contribution in [-0.4, -0.2) is 16.8 Å². The highest BCUT2D eigenvalue weighted by atomic mass is 19.4. The topological polar surface area (TPSA) is 85.8 Å². The lowest BCUT2D eigenvalue weighted by Gasteiger charge is -2.27. The number of anilines is 1. The number of ketones is 1. The Hall–Kier alpha value is -2.82. The molecule has 1 aromatic heterocycles. The molecular formula is C15H10F3N3O2. The molecule has 0 amide bonds.